The first kappa shape index (κ1) is 15.5. The van der Waals surface area contributed by atoms with Crippen LogP contribution in [0.4, 0.5) is 11.7 Å². The first-order valence-electron chi connectivity index (χ1n) is 10.0. The molecule has 2 aromatic heterocycles. The second-order valence-electron chi connectivity index (χ2n) is 8.69. The fourth-order valence-corrected chi connectivity index (χ4v) is 6.08. The Morgan fingerprint density at radius 3 is 2.67 bits per heavy atom. The van der Waals surface area contributed by atoms with Gasteiger partial charge in [0.15, 0.2) is 23.2 Å². The highest BCUT2D eigenvalue weighted by atomic mass is 16.4. The minimum Gasteiger partial charge on any atom is -0.504 e. The Morgan fingerprint density at radius 2 is 1.89 bits per heavy atom. The highest BCUT2D eigenvalue weighted by molar-refractivity contribution is 6.20. The van der Waals surface area contributed by atoms with Crippen LogP contribution in [0.5, 0.6) is 5.75 Å². The van der Waals surface area contributed by atoms with E-state index >= 15 is 0 Å². The van der Waals surface area contributed by atoms with E-state index in [-0.39, 0.29) is 5.75 Å². The zero-order chi connectivity index (χ0) is 18.0. The van der Waals surface area contributed by atoms with Gasteiger partial charge in [0.25, 0.3) is 0 Å². The minimum absolute atomic E-state index is 0.166. The standard InChI is InChI=1S/C22H23N3O2/c26-18-10-20(25-21-14-5-12-4-13(7-14)8-15(21)6-12)27-19(18)9-16-11-24-22-17(16)2-1-3-23-22/h1-3,9-15,21,25-26H,4-8H2. The number of aromatic hydroxyl groups is 1. The van der Waals surface area contributed by atoms with Crippen molar-refractivity contribution in [3.63, 3.8) is 0 Å². The molecule has 4 aliphatic carbocycles. The third-order valence-electron chi connectivity index (χ3n) is 6.99. The summed E-state index contributed by atoms with van der Waals surface area (Å²) in [5, 5.41) is 14.0. The van der Waals surface area contributed by atoms with E-state index in [9.17, 15) is 5.11 Å². The lowest BCUT2D eigenvalue weighted by Crippen LogP contribution is -2.51. The van der Waals surface area contributed by atoms with Crippen LogP contribution < -0.4 is 5.32 Å². The summed E-state index contributed by atoms with van der Waals surface area (Å²) in [7, 11) is 0. The van der Waals surface area contributed by atoms with Gasteiger partial charge in [-0.15, -0.1) is 0 Å². The lowest BCUT2D eigenvalue weighted by molar-refractivity contribution is 0.00692. The number of fused-ring (bicyclic) bond motifs is 1. The first-order chi connectivity index (χ1) is 13.2. The Kier molecular flexibility index (Phi) is 3.28. The highest BCUT2D eigenvalue weighted by Crippen LogP contribution is 2.54. The summed E-state index contributed by atoms with van der Waals surface area (Å²) in [6.07, 6.45) is 12.2. The number of furan rings is 1. The summed E-state index contributed by atoms with van der Waals surface area (Å²) in [4.78, 5) is 8.57. The fourth-order valence-electron chi connectivity index (χ4n) is 6.08. The van der Waals surface area contributed by atoms with Crippen LogP contribution in [0.15, 0.2) is 33.8 Å². The summed E-state index contributed by atoms with van der Waals surface area (Å²) in [6.45, 7) is 0. The lowest BCUT2D eigenvalue weighted by Gasteiger charge is -2.54. The van der Waals surface area contributed by atoms with Crippen molar-refractivity contribution in [3.8, 4) is 5.75 Å². The number of nitrogens with one attached hydrogen (secondary N) is 1. The quantitative estimate of drug-likeness (QED) is 0.818. The summed E-state index contributed by atoms with van der Waals surface area (Å²) < 4.78 is 5.98. The molecular formula is C22H23N3O2. The van der Waals surface area contributed by atoms with E-state index in [4.69, 9.17) is 4.42 Å². The molecular weight excluding hydrogens is 338 g/mol. The molecule has 0 atom stereocenters. The summed E-state index contributed by atoms with van der Waals surface area (Å²) in [5.41, 5.74) is 1.87. The van der Waals surface area contributed by atoms with E-state index in [1.54, 1.807) is 18.5 Å². The molecule has 7 rings (SSSR count). The average Bonchev–Trinajstić information content (AvgIpc) is 3.22. The van der Waals surface area contributed by atoms with Crippen molar-refractivity contribution in [2.75, 3.05) is 5.32 Å². The van der Waals surface area contributed by atoms with Crippen LogP contribution in [-0.2, 0) is 0 Å². The third-order valence-corrected chi connectivity index (χ3v) is 6.99. The molecule has 0 amide bonds. The second-order valence-corrected chi connectivity index (χ2v) is 8.69. The topological polar surface area (TPSA) is 70.7 Å². The summed E-state index contributed by atoms with van der Waals surface area (Å²) >= 11 is 0. The molecule has 0 aromatic carbocycles. The fraction of sp³-hybridized carbons (Fsp3) is 0.455. The molecule has 27 heavy (non-hydrogen) atoms. The maximum atomic E-state index is 10.4. The molecule has 0 saturated heterocycles. The number of allylic oxidation sites excluding steroid dienone is 1. The molecule has 0 unspecified atom stereocenters. The predicted molar refractivity (Wildman–Crippen MR) is 105 cm³/mol. The number of nitrogens with zero attached hydrogens (tertiary/aromatic N) is 2. The van der Waals surface area contributed by atoms with Crippen molar-refractivity contribution in [2.45, 2.75) is 38.1 Å². The molecule has 2 N–H and O–H groups in total. The van der Waals surface area contributed by atoms with Gasteiger partial charge >= 0.3 is 0 Å². The zero-order valence-corrected chi connectivity index (χ0v) is 15.1. The van der Waals surface area contributed by atoms with Gasteiger partial charge in [-0.25, -0.2) is 9.98 Å². The largest absolute Gasteiger partial charge is 0.504 e. The van der Waals surface area contributed by atoms with Crippen LogP contribution >= 0.6 is 0 Å². The van der Waals surface area contributed by atoms with Gasteiger partial charge in [-0.2, -0.15) is 0 Å². The first-order valence-corrected chi connectivity index (χ1v) is 10.0. The van der Waals surface area contributed by atoms with Crippen LogP contribution in [0.25, 0.3) is 11.6 Å². The SMILES string of the molecule is Oc1cc(NC2C3CC4CC(C3)CC2C4)oc1C=C1C=Nc2ncccc21. The molecule has 5 heteroatoms. The maximum absolute atomic E-state index is 10.4. The highest BCUT2D eigenvalue weighted by Gasteiger charge is 2.48. The maximum Gasteiger partial charge on any atom is 0.197 e. The number of aromatic nitrogens is 1. The predicted octanol–water partition coefficient (Wildman–Crippen LogP) is 4.87. The average molecular weight is 361 g/mol. The number of aliphatic imine (C=N–C) groups is 1. The van der Waals surface area contributed by atoms with Crippen molar-refractivity contribution in [2.24, 2.45) is 28.7 Å². The molecule has 1 aliphatic heterocycles. The molecule has 4 fully saturated rings. The van der Waals surface area contributed by atoms with Crippen LogP contribution in [0, 0.1) is 23.7 Å². The number of hydrogen-bond acceptors (Lipinski definition) is 5. The Bertz CT molecular complexity index is 930. The van der Waals surface area contributed by atoms with E-state index in [1.165, 1.54) is 32.1 Å². The van der Waals surface area contributed by atoms with Crippen LogP contribution in [0.2, 0.25) is 0 Å². The number of hydrogen-bond donors (Lipinski definition) is 2. The van der Waals surface area contributed by atoms with E-state index in [0.717, 1.165) is 34.8 Å². The van der Waals surface area contributed by atoms with Gasteiger partial charge in [-0.05, 0) is 74.0 Å². The summed E-state index contributed by atoms with van der Waals surface area (Å²) in [5.74, 6) is 5.45. The zero-order valence-electron chi connectivity index (χ0n) is 15.1. The Morgan fingerprint density at radius 1 is 1.11 bits per heavy atom. The van der Waals surface area contributed by atoms with Crippen molar-refractivity contribution in [1.29, 1.82) is 0 Å². The van der Waals surface area contributed by atoms with Crippen molar-refractivity contribution >= 4 is 29.6 Å². The lowest BCUT2D eigenvalue weighted by atomic mass is 9.54. The molecule has 5 nitrogen and oxygen atoms in total. The smallest absolute Gasteiger partial charge is 0.197 e. The third kappa shape index (κ3) is 2.52. The number of rotatable bonds is 3. The van der Waals surface area contributed by atoms with E-state index < -0.39 is 0 Å². The minimum atomic E-state index is 0.166. The van der Waals surface area contributed by atoms with Gasteiger partial charge in [0.1, 0.15) is 0 Å². The molecule has 138 valence electrons. The van der Waals surface area contributed by atoms with Crippen LogP contribution in [0.3, 0.4) is 0 Å². The molecule has 4 saturated carbocycles. The monoisotopic (exact) mass is 361 g/mol. The Hall–Kier alpha value is -2.56. The van der Waals surface area contributed by atoms with Gasteiger partial charge in [0, 0.05) is 35.7 Å². The van der Waals surface area contributed by atoms with Gasteiger partial charge in [0.2, 0.25) is 0 Å². The molecule has 3 heterocycles. The second kappa shape index (κ2) is 5.72. The molecule has 5 aliphatic rings. The van der Waals surface area contributed by atoms with Gasteiger partial charge < -0.3 is 14.8 Å². The number of anilines is 1. The van der Waals surface area contributed by atoms with E-state index in [2.05, 4.69) is 15.3 Å². The summed E-state index contributed by atoms with van der Waals surface area (Å²) in [6, 6.07) is 6.08. The van der Waals surface area contributed by atoms with Crippen LogP contribution in [-0.4, -0.2) is 22.3 Å². The van der Waals surface area contributed by atoms with Gasteiger partial charge in [0.05, 0.1) is 0 Å². The number of pyridine rings is 1. The van der Waals surface area contributed by atoms with E-state index in [1.807, 2.05) is 18.2 Å². The molecule has 0 radical (unpaired) electrons. The Balaban J connectivity index is 1.25. The van der Waals surface area contributed by atoms with Gasteiger partial charge in [-0.1, -0.05) is 0 Å². The van der Waals surface area contributed by atoms with Crippen LogP contribution in [0.1, 0.15) is 43.4 Å². The molecule has 2 aromatic rings. The van der Waals surface area contributed by atoms with E-state index in [0.29, 0.717) is 23.5 Å². The van der Waals surface area contributed by atoms with Crippen molar-refractivity contribution < 1.29 is 9.52 Å². The normalized spacial score (nSPS) is 34.4. The van der Waals surface area contributed by atoms with Crippen molar-refractivity contribution in [1.82, 2.24) is 4.98 Å². The van der Waals surface area contributed by atoms with Crippen molar-refractivity contribution in [3.05, 3.63) is 35.7 Å². The molecule has 4 bridgehead atoms. The van der Waals surface area contributed by atoms with Gasteiger partial charge in [-0.3, -0.25) is 0 Å². The Labute approximate surface area is 158 Å². The molecule has 0 spiro atoms.